The van der Waals surface area contributed by atoms with Crippen LogP contribution in [-0.4, -0.2) is 25.8 Å². The van der Waals surface area contributed by atoms with Crippen LogP contribution < -0.4 is 14.9 Å². The first kappa shape index (κ1) is 18.2. The third kappa shape index (κ3) is 4.33. The van der Waals surface area contributed by atoms with Crippen molar-refractivity contribution in [2.24, 2.45) is 5.10 Å². The molecule has 5 nitrogen and oxygen atoms in total. The summed E-state index contributed by atoms with van der Waals surface area (Å²) in [6.07, 6.45) is 3.26. The monoisotopic (exact) mass is 360 g/mol. The number of hydrogen-bond acceptors (Lipinski definition) is 4. The quantitative estimate of drug-likeness (QED) is 0.391. The van der Waals surface area contributed by atoms with Crippen molar-refractivity contribution in [1.82, 2.24) is 5.43 Å². The van der Waals surface area contributed by atoms with Gasteiger partial charge in [0.2, 0.25) is 0 Å². The van der Waals surface area contributed by atoms with Crippen molar-refractivity contribution >= 4 is 22.9 Å². The van der Waals surface area contributed by atoms with Gasteiger partial charge in [-0.15, -0.1) is 0 Å². The van der Waals surface area contributed by atoms with E-state index in [-0.39, 0.29) is 5.91 Å². The number of fused-ring (bicyclic) bond motifs is 1. The second-order valence-electron chi connectivity index (χ2n) is 5.73. The van der Waals surface area contributed by atoms with Gasteiger partial charge in [0.15, 0.2) is 0 Å². The molecule has 0 bridgehead atoms. The SMILES string of the molecule is C=CCOc1ccc(C(=O)NN=Cc2c(OC)ccc3ccccc23)cc1. The summed E-state index contributed by atoms with van der Waals surface area (Å²) < 4.78 is 10.8. The van der Waals surface area contributed by atoms with Crippen LogP contribution in [0.2, 0.25) is 0 Å². The van der Waals surface area contributed by atoms with Crippen LogP contribution in [0.1, 0.15) is 15.9 Å². The maximum Gasteiger partial charge on any atom is 0.271 e. The number of nitrogens with zero attached hydrogens (tertiary/aromatic N) is 1. The number of rotatable bonds is 7. The molecule has 1 amide bonds. The van der Waals surface area contributed by atoms with Gasteiger partial charge in [-0.25, -0.2) is 5.43 Å². The van der Waals surface area contributed by atoms with Gasteiger partial charge < -0.3 is 9.47 Å². The highest BCUT2D eigenvalue weighted by Gasteiger charge is 2.07. The van der Waals surface area contributed by atoms with Crippen LogP contribution in [-0.2, 0) is 0 Å². The number of hydrogen-bond donors (Lipinski definition) is 1. The van der Waals surface area contributed by atoms with Gasteiger partial charge in [0, 0.05) is 11.1 Å². The molecule has 0 spiro atoms. The van der Waals surface area contributed by atoms with E-state index < -0.39 is 0 Å². The summed E-state index contributed by atoms with van der Waals surface area (Å²) in [6, 6.07) is 18.6. The van der Waals surface area contributed by atoms with E-state index >= 15 is 0 Å². The zero-order valence-corrected chi connectivity index (χ0v) is 15.0. The van der Waals surface area contributed by atoms with E-state index in [9.17, 15) is 4.79 Å². The van der Waals surface area contributed by atoms with Crippen molar-refractivity contribution in [2.45, 2.75) is 0 Å². The standard InChI is InChI=1S/C22H20N2O3/c1-3-14-27-18-11-8-17(9-12-18)22(25)24-23-15-20-19-7-5-4-6-16(19)10-13-21(20)26-2/h3-13,15H,1,14H2,2H3,(H,24,25). The Morgan fingerprint density at radius 1 is 1.11 bits per heavy atom. The highest BCUT2D eigenvalue weighted by molar-refractivity contribution is 6.03. The number of carbonyl (C=O) groups is 1. The Kier molecular flexibility index (Phi) is 5.84. The molecule has 0 unspecified atom stereocenters. The second-order valence-corrected chi connectivity index (χ2v) is 5.73. The van der Waals surface area contributed by atoms with Crippen molar-refractivity contribution < 1.29 is 14.3 Å². The number of benzene rings is 3. The number of amides is 1. The molecule has 136 valence electrons. The topological polar surface area (TPSA) is 59.9 Å². The smallest absolute Gasteiger partial charge is 0.271 e. The average molecular weight is 360 g/mol. The molecule has 0 radical (unpaired) electrons. The molecule has 0 heterocycles. The first-order chi connectivity index (χ1) is 13.2. The van der Waals surface area contributed by atoms with E-state index in [1.807, 2.05) is 36.4 Å². The number of carbonyl (C=O) groups excluding carboxylic acids is 1. The van der Waals surface area contributed by atoms with Crippen molar-refractivity contribution in [3.8, 4) is 11.5 Å². The molecule has 0 atom stereocenters. The average Bonchev–Trinajstić information content (AvgIpc) is 2.72. The minimum Gasteiger partial charge on any atom is -0.496 e. The molecule has 0 fully saturated rings. The Balaban J connectivity index is 1.74. The molecular weight excluding hydrogens is 340 g/mol. The predicted octanol–water partition coefficient (Wildman–Crippen LogP) is 4.18. The van der Waals surface area contributed by atoms with E-state index in [0.29, 0.717) is 23.7 Å². The van der Waals surface area contributed by atoms with E-state index in [1.165, 1.54) is 0 Å². The third-order valence-corrected chi connectivity index (χ3v) is 3.99. The van der Waals surface area contributed by atoms with Crippen molar-refractivity contribution in [1.29, 1.82) is 0 Å². The maximum atomic E-state index is 12.3. The Bertz CT molecular complexity index is 979. The van der Waals surface area contributed by atoms with Gasteiger partial charge in [0.05, 0.1) is 13.3 Å². The van der Waals surface area contributed by atoms with Crippen LogP contribution in [0.4, 0.5) is 0 Å². The minimum atomic E-state index is -0.305. The lowest BCUT2D eigenvalue weighted by atomic mass is 10.0. The maximum absolute atomic E-state index is 12.3. The normalized spacial score (nSPS) is 10.7. The summed E-state index contributed by atoms with van der Waals surface area (Å²) >= 11 is 0. The zero-order chi connectivity index (χ0) is 19.1. The van der Waals surface area contributed by atoms with Crippen LogP contribution in [0.15, 0.2) is 78.4 Å². The molecule has 1 N–H and O–H groups in total. The lowest BCUT2D eigenvalue weighted by Gasteiger charge is -2.08. The van der Waals surface area contributed by atoms with E-state index in [1.54, 1.807) is 43.7 Å². The molecule has 3 aromatic rings. The summed E-state index contributed by atoms with van der Waals surface area (Å²) in [5, 5.41) is 6.17. The van der Waals surface area contributed by atoms with E-state index in [2.05, 4.69) is 17.1 Å². The number of methoxy groups -OCH3 is 1. The Labute approximate surface area is 157 Å². The first-order valence-corrected chi connectivity index (χ1v) is 8.46. The van der Waals surface area contributed by atoms with Gasteiger partial charge in [-0.2, -0.15) is 5.10 Å². The van der Waals surface area contributed by atoms with Gasteiger partial charge >= 0.3 is 0 Å². The molecule has 0 aliphatic carbocycles. The van der Waals surface area contributed by atoms with Crippen LogP contribution in [0.3, 0.4) is 0 Å². The molecule has 0 aliphatic heterocycles. The van der Waals surface area contributed by atoms with Crippen molar-refractivity contribution in [3.63, 3.8) is 0 Å². The lowest BCUT2D eigenvalue weighted by molar-refractivity contribution is 0.0955. The summed E-state index contributed by atoms with van der Waals surface area (Å²) in [7, 11) is 1.61. The van der Waals surface area contributed by atoms with Crippen molar-refractivity contribution in [3.05, 3.63) is 84.4 Å². The minimum absolute atomic E-state index is 0.305. The summed E-state index contributed by atoms with van der Waals surface area (Å²) in [5.74, 6) is 1.06. The second kappa shape index (κ2) is 8.67. The molecule has 0 saturated heterocycles. The Morgan fingerprint density at radius 3 is 2.63 bits per heavy atom. The summed E-state index contributed by atoms with van der Waals surface area (Å²) in [6.45, 7) is 4.02. The lowest BCUT2D eigenvalue weighted by Crippen LogP contribution is -2.17. The Morgan fingerprint density at radius 2 is 1.89 bits per heavy atom. The highest BCUT2D eigenvalue weighted by atomic mass is 16.5. The zero-order valence-electron chi connectivity index (χ0n) is 15.0. The molecule has 0 aromatic heterocycles. The van der Waals surface area contributed by atoms with Gasteiger partial charge in [-0.1, -0.05) is 43.0 Å². The molecule has 0 saturated carbocycles. The van der Waals surface area contributed by atoms with Crippen molar-refractivity contribution in [2.75, 3.05) is 13.7 Å². The molecular formula is C22H20N2O3. The largest absolute Gasteiger partial charge is 0.496 e. The van der Waals surface area contributed by atoms with Gasteiger partial charge in [0.25, 0.3) is 5.91 Å². The van der Waals surface area contributed by atoms with Crippen LogP contribution in [0, 0.1) is 0 Å². The fourth-order valence-corrected chi connectivity index (χ4v) is 2.66. The van der Waals surface area contributed by atoms with Gasteiger partial charge in [-0.3, -0.25) is 4.79 Å². The number of hydrazone groups is 1. The molecule has 0 aliphatic rings. The van der Waals surface area contributed by atoms with Gasteiger partial charge in [-0.05, 0) is 41.1 Å². The summed E-state index contributed by atoms with van der Waals surface area (Å²) in [5.41, 5.74) is 3.84. The molecule has 5 heteroatoms. The fourth-order valence-electron chi connectivity index (χ4n) is 2.66. The predicted molar refractivity (Wildman–Crippen MR) is 108 cm³/mol. The van der Waals surface area contributed by atoms with Crippen LogP contribution in [0.25, 0.3) is 10.8 Å². The van der Waals surface area contributed by atoms with E-state index in [0.717, 1.165) is 16.3 Å². The van der Waals surface area contributed by atoms with Gasteiger partial charge in [0.1, 0.15) is 18.1 Å². The number of nitrogens with one attached hydrogen (secondary N) is 1. The molecule has 27 heavy (non-hydrogen) atoms. The summed E-state index contributed by atoms with van der Waals surface area (Å²) in [4.78, 5) is 12.3. The van der Waals surface area contributed by atoms with Crippen LogP contribution >= 0.6 is 0 Å². The highest BCUT2D eigenvalue weighted by Crippen LogP contribution is 2.26. The Hall–Kier alpha value is -3.60. The third-order valence-electron chi connectivity index (χ3n) is 3.99. The van der Waals surface area contributed by atoms with E-state index in [4.69, 9.17) is 9.47 Å². The van der Waals surface area contributed by atoms with Crippen LogP contribution in [0.5, 0.6) is 11.5 Å². The fraction of sp³-hybridized carbons (Fsp3) is 0.0909. The molecule has 3 rings (SSSR count). The molecule has 3 aromatic carbocycles. The first-order valence-electron chi connectivity index (χ1n) is 8.46. The number of ether oxygens (including phenoxy) is 2.